The zero-order chi connectivity index (χ0) is 16.4. The van der Waals surface area contributed by atoms with E-state index >= 15 is 0 Å². The van der Waals surface area contributed by atoms with Gasteiger partial charge >= 0.3 is 24.2 Å². The first kappa shape index (κ1) is 17.0. The van der Waals surface area contributed by atoms with Crippen LogP contribution in [0.1, 0.15) is 12.5 Å². The van der Waals surface area contributed by atoms with E-state index in [1.807, 2.05) is 0 Å². The first-order chi connectivity index (χ1) is 9.50. The van der Waals surface area contributed by atoms with E-state index in [0.29, 0.717) is 0 Å². The predicted molar refractivity (Wildman–Crippen MR) is 60.4 cm³/mol. The van der Waals surface area contributed by atoms with E-state index in [1.54, 1.807) is 0 Å². The summed E-state index contributed by atoms with van der Waals surface area (Å²) in [5, 5.41) is 0. The van der Waals surface area contributed by atoms with E-state index in [4.69, 9.17) is 0 Å². The number of hydrogen-bond acceptors (Lipinski definition) is 2. The van der Waals surface area contributed by atoms with Crippen LogP contribution in [-0.4, -0.2) is 24.2 Å². The number of rotatable bonds is 2. The second-order valence-electron chi connectivity index (χ2n) is 3.92. The Morgan fingerprint density at radius 2 is 1.38 bits per heavy atom. The molecule has 2 amide bonds. The lowest BCUT2D eigenvalue weighted by molar-refractivity contribution is -0.181. The molecule has 3 nitrogen and oxygen atoms in total. The molecule has 1 rings (SSSR count). The number of halogens is 6. The Morgan fingerprint density at radius 1 is 0.952 bits per heavy atom. The van der Waals surface area contributed by atoms with E-state index < -0.39 is 34.8 Å². The average molecular weight is 313 g/mol. The van der Waals surface area contributed by atoms with Gasteiger partial charge in [-0.05, 0) is 18.1 Å². The van der Waals surface area contributed by atoms with Crippen molar-refractivity contribution in [2.75, 3.05) is 4.90 Å². The standard InChI is InChI=1S/C12H9F6NO2/c1-2-7-5-3-4-6-8(7)19(9(20)11(13,14)15)10(21)12(16,17)18/h3-6H,2H2,1H3. The number of nitrogens with zero attached hydrogens (tertiary/aromatic N) is 1. The van der Waals surface area contributed by atoms with Crippen LogP contribution in [0, 0.1) is 0 Å². The highest BCUT2D eigenvalue weighted by Gasteiger charge is 2.53. The summed E-state index contributed by atoms with van der Waals surface area (Å²) in [5.74, 6) is -5.77. The molecule has 0 saturated heterocycles. The number of imide groups is 1. The second kappa shape index (κ2) is 5.74. The molecule has 21 heavy (non-hydrogen) atoms. The second-order valence-corrected chi connectivity index (χ2v) is 3.92. The number of carbonyl (C=O) groups is 2. The van der Waals surface area contributed by atoms with Gasteiger partial charge in [-0.3, -0.25) is 9.59 Å². The minimum absolute atomic E-state index is 0.00713. The number of para-hydroxylation sites is 1. The number of alkyl halides is 6. The topological polar surface area (TPSA) is 37.4 Å². The Kier molecular flexibility index (Phi) is 4.65. The smallest absolute Gasteiger partial charge is 0.263 e. The number of hydrogen-bond donors (Lipinski definition) is 0. The van der Waals surface area contributed by atoms with Crippen LogP contribution in [0.15, 0.2) is 24.3 Å². The van der Waals surface area contributed by atoms with Gasteiger partial charge in [-0.1, -0.05) is 25.1 Å². The minimum Gasteiger partial charge on any atom is -0.263 e. The zero-order valence-electron chi connectivity index (χ0n) is 10.5. The van der Waals surface area contributed by atoms with E-state index in [2.05, 4.69) is 0 Å². The highest BCUT2D eigenvalue weighted by atomic mass is 19.4. The molecule has 0 aliphatic carbocycles. The van der Waals surface area contributed by atoms with Gasteiger partial charge in [0.1, 0.15) is 0 Å². The Balaban J connectivity index is 3.46. The van der Waals surface area contributed by atoms with Gasteiger partial charge in [0.25, 0.3) is 0 Å². The molecule has 0 aromatic heterocycles. The maximum absolute atomic E-state index is 12.5. The van der Waals surface area contributed by atoms with Crippen molar-refractivity contribution in [1.29, 1.82) is 0 Å². The summed E-state index contributed by atoms with van der Waals surface area (Å²) >= 11 is 0. The van der Waals surface area contributed by atoms with Crippen LogP contribution in [-0.2, 0) is 16.0 Å². The molecule has 1 aromatic rings. The summed E-state index contributed by atoms with van der Waals surface area (Å²) in [7, 11) is 0. The minimum atomic E-state index is -5.61. The zero-order valence-corrected chi connectivity index (χ0v) is 10.5. The van der Waals surface area contributed by atoms with Crippen LogP contribution in [0.3, 0.4) is 0 Å². The fraction of sp³-hybridized carbons (Fsp3) is 0.333. The molecule has 0 N–H and O–H groups in total. The van der Waals surface area contributed by atoms with E-state index in [9.17, 15) is 35.9 Å². The molecule has 116 valence electrons. The highest BCUT2D eigenvalue weighted by Crippen LogP contribution is 2.31. The van der Waals surface area contributed by atoms with Gasteiger partial charge in [0.05, 0.1) is 5.69 Å². The Labute approximate surface area is 115 Å². The average Bonchev–Trinajstić information content (AvgIpc) is 2.37. The molecule has 0 aliphatic heterocycles. The monoisotopic (exact) mass is 313 g/mol. The van der Waals surface area contributed by atoms with Crippen molar-refractivity contribution in [1.82, 2.24) is 0 Å². The Bertz CT molecular complexity index is 523. The Hall–Kier alpha value is -2.06. The van der Waals surface area contributed by atoms with Crippen LogP contribution in [0.4, 0.5) is 32.0 Å². The van der Waals surface area contributed by atoms with Gasteiger partial charge in [0.15, 0.2) is 0 Å². The molecule has 0 unspecified atom stereocenters. The molecule has 0 atom stereocenters. The third-order valence-corrected chi connectivity index (χ3v) is 2.50. The van der Waals surface area contributed by atoms with Crippen LogP contribution >= 0.6 is 0 Å². The number of anilines is 1. The van der Waals surface area contributed by atoms with E-state index in [-0.39, 0.29) is 12.0 Å². The fourth-order valence-corrected chi connectivity index (χ4v) is 1.59. The fourth-order valence-electron chi connectivity index (χ4n) is 1.59. The SMILES string of the molecule is CCc1ccccc1N(C(=O)C(F)(F)F)C(=O)C(F)(F)F. The number of amides is 2. The molecular weight excluding hydrogens is 304 g/mol. The molecule has 0 radical (unpaired) electrons. The van der Waals surface area contributed by atoms with Crippen molar-refractivity contribution in [2.24, 2.45) is 0 Å². The van der Waals surface area contributed by atoms with Crippen LogP contribution < -0.4 is 4.90 Å². The summed E-state index contributed by atoms with van der Waals surface area (Å²) in [5.41, 5.74) is -0.725. The van der Waals surface area contributed by atoms with Crippen molar-refractivity contribution in [3.63, 3.8) is 0 Å². The van der Waals surface area contributed by atoms with Crippen molar-refractivity contribution in [3.8, 4) is 0 Å². The lowest BCUT2D eigenvalue weighted by Gasteiger charge is -2.24. The molecule has 0 heterocycles. The van der Waals surface area contributed by atoms with Crippen molar-refractivity contribution in [2.45, 2.75) is 25.7 Å². The number of carbonyl (C=O) groups excluding carboxylic acids is 2. The maximum atomic E-state index is 12.5. The number of benzene rings is 1. The molecule has 0 bridgehead atoms. The lowest BCUT2D eigenvalue weighted by atomic mass is 10.1. The van der Waals surface area contributed by atoms with E-state index in [1.165, 1.54) is 19.1 Å². The van der Waals surface area contributed by atoms with Gasteiger partial charge in [-0.25, -0.2) is 4.90 Å². The molecule has 1 aromatic carbocycles. The largest absolute Gasteiger partial charge is 0.472 e. The first-order valence-corrected chi connectivity index (χ1v) is 5.60. The van der Waals surface area contributed by atoms with Crippen molar-refractivity contribution in [3.05, 3.63) is 29.8 Å². The van der Waals surface area contributed by atoms with Crippen LogP contribution in [0.2, 0.25) is 0 Å². The van der Waals surface area contributed by atoms with Crippen molar-refractivity contribution < 1.29 is 35.9 Å². The third-order valence-electron chi connectivity index (χ3n) is 2.50. The summed E-state index contributed by atoms with van der Waals surface area (Å²) in [6.45, 7) is 1.47. The van der Waals surface area contributed by atoms with Gasteiger partial charge in [0, 0.05) is 0 Å². The van der Waals surface area contributed by atoms with Crippen molar-refractivity contribution >= 4 is 17.5 Å². The summed E-state index contributed by atoms with van der Waals surface area (Å²) in [6, 6.07) is 4.59. The molecule has 0 saturated carbocycles. The maximum Gasteiger partial charge on any atom is 0.472 e. The van der Waals surface area contributed by atoms with Crippen LogP contribution in [0.25, 0.3) is 0 Å². The van der Waals surface area contributed by atoms with Gasteiger partial charge in [-0.15, -0.1) is 0 Å². The Morgan fingerprint density at radius 3 is 1.76 bits per heavy atom. The summed E-state index contributed by atoms with van der Waals surface area (Å²) in [4.78, 5) is 21.5. The third kappa shape index (κ3) is 3.73. The molecule has 0 fully saturated rings. The summed E-state index contributed by atoms with van der Waals surface area (Å²) < 4.78 is 74.7. The first-order valence-electron chi connectivity index (χ1n) is 5.60. The van der Waals surface area contributed by atoms with Gasteiger partial charge in [0.2, 0.25) is 0 Å². The molecule has 9 heteroatoms. The number of aryl methyl sites for hydroxylation is 1. The highest BCUT2D eigenvalue weighted by molar-refractivity contribution is 6.18. The quantitative estimate of drug-likeness (QED) is 0.786. The normalized spacial score (nSPS) is 12.1. The predicted octanol–water partition coefficient (Wildman–Crippen LogP) is 3.23. The van der Waals surface area contributed by atoms with Gasteiger partial charge < -0.3 is 0 Å². The van der Waals surface area contributed by atoms with E-state index in [0.717, 1.165) is 12.1 Å². The lowest BCUT2D eigenvalue weighted by Crippen LogP contribution is -2.50. The molecule has 0 aliphatic rings. The molecular formula is C12H9F6NO2. The molecule has 0 spiro atoms. The summed E-state index contributed by atoms with van der Waals surface area (Å²) in [6.07, 6.45) is -11.2. The van der Waals surface area contributed by atoms with Crippen LogP contribution in [0.5, 0.6) is 0 Å². The van der Waals surface area contributed by atoms with Gasteiger partial charge in [-0.2, -0.15) is 26.3 Å².